The van der Waals surface area contributed by atoms with Crippen LogP contribution in [0.4, 0.5) is 4.39 Å². The average Bonchev–Trinajstić information content (AvgIpc) is 2.66. The van der Waals surface area contributed by atoms with Gasteiger partial charge in [-0.25, -0.2) is 4.39 Å². The van der Waals surface area contributed by atoms with E-state index in [4.69, 9.17) is 16.3 Å². The standard InChI is InChI=1S/C20H22ClFN2O2/c21-17-7-4-8-18(22)19(17)20(25)23-14-16(24-9-11-26-12-10-24)13-15-5-2-1-3-6-15/h1-8,16H,9-14H2,(H,23,25). The van der Waals surface area contributed by atoms with Crippen LogP contribution in [0.15, 0.2) is 48.5 Å². The normalized spacial score (nSPS) is 16.2. The van der Waals surface area contributed by atoms with Crippen molar-refractivity contribution in [3.8, 4) is 0 Å². The van der Waals surface area contributed by atoms with Gasteiger partial charge in [-0.15, -0.1) is 0 Å². The number of amides is 1. The minimum atomic E-state index is -0.610. The molecule has 0 saturated carbocycles. The van der Waals surface area contributed by atoms with E-state index in [9.17, 15) is 9.18 Å². The van der Waals surface area contributed by atoms with Gasteiger partial charge in [-0.05, 0) is 24.1 Å². The summed E-state index contributed by atoms with van der Waals surface area (Å²) >= 11 is 5.99. The number of hydrogen-bond acceptors (Lipinski definition) is 3. The van der Waals surface area contributed by atoms with Crippen LogP contribution < -0.4 is 5.32 Å². The molecule has 4 nitrogen and oxygen atoms in total. The Kier molecular flexibility index (Phi) is 6.61. The van der Waals surface area contributed by atoms with Crippen molar-refractivity contribution in [1.82, 2.24) is 10.2 Å². The van der Waals surface area contributed by atoms with Crippen LogP contribution in [-0.4, -0.2) is 49.7 Å². The van der Waals surface area contributed by atoms with Gasteiger partial charge in [0.2, 0.25) is 0 Å². The molecule has 1 unspecified atom stereocenters. The summed E-state index contributed by atoms with van der Waals surface area (Å²) in [5.41, 5.74) is 1.09. The lowest BCUT2D eigenvalue weighted by molar-refractivity contribution is 0.0167. The molecule has 0 spiro atoms. The molecule has 2 aromatic carbocycles. The van der Waals surface area contributed by atoms with Crippen molar-refractivity contribution in [2.24, 2.45) is 0 Å². The number of carbonyl (C=O) groups excluding carboxylic acids is 1. The predicted octanol–water partition coefficient (Wildman–Crippen LogP) is 3.15. The third-order valence-corrected chi connectivity index (χ3v) is 4.88. The zero-order chi connectivity index (χ0) is 18.4. The Hall–Kier alpha value is -1.95. The van der Waals surface area contributed by atoms with E-state index in [1.165, 1.54) is 23.8 Å². The van der Waals surface area contributed by atoms with Gasteiger partial charge in [0.05, 0.1) is 23.8 Å². The molecular weight excluding hydrogens is 355 g/mol. The second-order valence-corrected chi connectivity index (χ2v) is 6.71. The molecule has 1 aliphatic rings. The summed E-state index contributed by atoms with van der Waals surface area (Å²) in [5, 5.41) is 2.97. The quantitative estimate of drug-likeness (QED) is 0.842. The van der Waals surface area contributed by atoms with Crippen molar-refractivity contribution < 1.29 is 13.9 Å². The first-order valence-electron chi connectivity index (χ1n) is 8.73. The second-order valence-electron chi connectivity index (χ2n) is 6.30. The highest BCUT2D eigenvalue weighted by molar-refractivity contribution is 6.33. The van der Waals surface area contributed by atoms with Crippen molar-refractivity contribution in [2.45, 2.75) is 12.5 Å². The third-order valence-electron chi connectivity index (χ3n) is 4.56. The topological polar surface area (TPSA) is 41.6 Å². The summed E-state index contributed by atoms with van der Waals surface area (Å²) in [6, 6.07) is 14.5. The van der Waals surface area contributed by atoms with Gasteiger partial charge >= 0.3 is 0 Å². The van der Waals surface area contributed by atoms with Crippen molar-refractivity contribution in [2.75, 3.05) is 32.8 Å². The molecule has 1 amide bonds. The molecule has 0 bridgehead atoms. The van der Waals surface area contributed by atoms with Crippen LogP contribution in [0.25, 0.3) is 0 Å². The number of carbonyl (C=O) groups is 1. The van der Waals surface area contributed by atoms with Gasteiger partial charge in [-0.1, -0.05) is 48.0 Å². The molecule has 1 aliphatic heterocycles. The van der Waals surface area contributed by atoms with Crippen molar-refractivity contribution in [1.29, 1.82) is 0 Å². The lowest BCUT2D eigenvalue weighted by Gasteiger charge is -2.34. The Morgan fingerprint density at radius 3 is 2.58 bits per heavy atom. The van der Waals surface area contributed by atoms with Crippen LogP contribution in [-0.2, 0) is 11.2 Å². The summed E-state index contributed by atoms with van der Waals surface area (Å²) in [4.78, 5) is 14.8. The monoisotopic (exact) mass is 376 g/mol. The number of nitrogens with zero attached hydrogens (tertiary/aromatic N) is 1. The summed E-state index contributed by atoms with van der Waals surface area (Å²) in [7, 11) is 0. The fourth-order valence-electron chi connectivity index (χ4n) is 3.17. The maximum Gasteiger partial charge on any atom is 0.255 e. The molecule has 0 radical (unpaired) electrons. The molecule has 0 aromatic heterocycles. The van der Waals surface area contributed by atoms with E-state index in [0.717, 1.165) is 19.5 Å². The van der Waals surface area contributed by atoms with Crippen molar-refractivity contribution in [3.63, 3.8) is 0 Å². The largest absolute Gasteiger partial charge is 0.379 e. The van der Waals surface area contributed by atoms with E-state index in [1.54, 1.807) is 0 Å². The Balaban J connectivity index is 1.69. The highest BCUT2D eigenvalue weighted by atomic mass is 35.5. The van der Waals surface area contributed by atoms with Crippen LogP contribution in [0.3, 0.4) is 0 Å². The van der Waals surface area contributed by atoms with E-state index < -0.39 is 11.7 Å². The van der Waals surface area contributed by atoms with E-state index in [0.29, 0.717) is 19.8 Å². The highest BCUT2D eigenvalue weighted by Crippen LogP contribution is 2.19. The molecular formula is C20H22ClFN2O2. The Labute approximate surface area is 157 Å². The summed E-state index contributed by atoms with van der Waals surface area (Å²) in [5.74, 6) is -1.10. The maximum atomic E-state index is 14.0. The van der Waals surface area contributed by atoms with Crippen LogP contribution in [0, 0.1) is 5.82 Å². The van der Waals surface area contributed by atoms with Crippen LogP contribution >= 0.6 is 11.6 Å². The molecule has 1 N–H and O–H groups in total. The fraction of sp³-hybridized carbons (Fsp3) is 0.350. The molecule has 6 heteroatoms. The minimum Gasteiger partial charge on any atom is -0.379 e. The summed E-state index contributed by atoms with van der Waals surface area (Å²) < 4.78 is 19.4. The van der Waals surface area contributed by atoms with Crippen LogP contribution in [0.2, 0.25) is 5.02 Å². The molecule has 138 valence electrons. The minimum absolute atomic E-state index is 0.102. The zero-order valence-corrected chi connectivity index (χ0v) is 15.2. The molecule has 1 saturated heterocycles. The SMILES string of the molecule is O=C(NCC(Cc1ccccc1)N1CCOCC1)c1c(F)cccc1Cl. The van der Waals surface area contributed by atoms with E-state index >= 15 is 0 Å². The highest BCUT2D eigenvalue weighted by Gasteiger charge is 2.23. The lowest BCUT2D eigenvalue weighted by atomic mass is 10.0. The second kappa shape index (κ2) is 9.12. The van der Waals surface area contributed by atoms with Crippen molar-refractivity contribution >= 4 is 17.5 Å². The van der Waals surface area contributed by atoms with Crippen LogP contribution in [0.1, 0.15) is 15.9 Å². The summed E-state index contributed by atoms with van der Waals surface area (Å²) in [6.07, 6.45) is 0.798. The number of morpholine rings is 1. The number of halogens is 2. The average molecular weight is 377 g/mol. The molecule has 0 aliphatic carbocycles. The van der Waals surface area contributed by atoms with Crippen molar-refractivity contribution in [3.05, 3.63) is 70.5 Å². The van der Waals surface area contributed by atoms with Gasteiger partial charge in [0, 0.05) is 25.7 Å². The number of rotatable bonds is 6. The Morgan fingerprint density at radius 1 is 1.15 bits per heavy atom. The van der Waals surface area contributed by atoms with Gasteiger partial charge in [-0.3, -0.25) is 9.69 Å². The number of benzene rings is 2. The van der Waals surface area contributed by atoms with Gasteiger partial charge < -0.3 is 10.1 Å². The van der Waals surface area contributed by atoms with Crippen LogP contribution in [0.5, 0.6) is 0 Å². The van der Waals surface area contributed by atoms with E-state index in [-0.39, 0.29) is 16.6 Å². The first-order chi connectivity index (χ1) is 12.6. The first kappa shape index (κ1) is 18.8. The molecule has 26 heavy (non-hydrogen) atoms. The first-order valence-corrected chi connectivity index (χ1v) is 9.11. The zero-order valence-electron chi connectivity index (χ0n) is 14.5. The Bertz CT molecular complexity index is 716. The smallest absolute Gasteiger partial charge is 0.255 e. The number of nitrogens with one attached hydrogen (secondary N) is 1. The van der Waals surface area contributed by atoms with E-state index in [1.807, 2.05) is 18.2 Å². The molecule has 1 atom stereocenters. The third kappa shape index (κ3) is 4.81. The number of hydrogen-bond donors (Lipinski definition) is 1. The lowest BCUT2D eigenvalue weighted by Crippen LogP contribution is -2.49. The van der Waals surface area contributed by atoms with E-state index in [2.05, 4.69) is 22.3 Å². The Morgan fingerprint density at radius 2 is 1.88 bits per heavy atom. The van der Waals surface area contributed by atoms with Gasteiger partial charge in [0.1, 0.15) is 5.82 Å². The van der Waals surface area contributed by atoms with Gasteiger partial charge in [0.15, 0.2) is 0 Å². The molecule has 1 fully saturated rings. The molecule has 2 aromatic rings. The fourth-order valence-corrected chi connectivity index (χ4v) is 3.42. The van der Waals surface area contributed by atoms with Gasteiger partial charge in [-0.2, -0.15) is 0 Å². The number of ether oxygens (including phenoxy) is 1. The molecule has 3 rings (SSSR count). The van der Waals surface area contributed by atoms with Gasteiger partial charge in [0.25, 0.3) is 5.91 Å². The molecule has 1 heterocycles. The summed E-state index contributed by atoms with van der Waals surface area (Å²) in [6.45, 7) is 3.40. The predicted molar refractivity (Wildman–Crippen MR) is 100 cm³/mol. The maximum absolute atomic E-state index is 14.0.